The molecule has 4 rings (SSSR count). The average molecular weight is 911 g/mol. The number of nitrogens with zero attached hydrogens (tertiary/aromatic N) is 6. The van der Waals surface area contributed by atoms with E-state index in [0.717, 1.165) is 20.4 Å². The minimum absolute atomic E-state index is 0.0486. The second kappa shape index (κ2) is 17.6. The Morgan fingerprint density at radius 1 is 0.758 bits per heavy atom. The van der Waals surface area contributed by atoms with Crippen molar-refractivity contribution >= 4 is 54.6 Å². The predicted molar refractivity (Wildman–Crippen MR) is 233 cm³/mol. The standard InChI is InChI=1S/C41H66N6O13SSi/c1-37(2,3)56-33(48)42-31-44-23-22-29(60-62(15,16)17)41(44)30(28(45(31)35(50)58-39(7,8)9)25-55-24-26-18-20-27(54-13)21-19-26)47(61(14,52)53)32(43-34(49)57-38(4,5)6)46(41)36(51)59-40(10,11)12/h18-21,28-30H,22-25H2,1-17H3/b42-31+,43-32-/t28-,29-,30-,41-/m0/s1. The third kappa shape index (κ3) is 12.0. The fourth-order valence-corrected chi connectivity index (χ4v) is 9.63. The number of amides is 4. The number of hydrogen-bond acceptors (Lipinski definition) is 13. The van der Waals surface area contributed by atoms with Crippen LogP contribution in [0.3, 0.4) is 0 Å². The van der Waals surface area contributed by atoms with Gasteiger partial charge in [-0.25, -0.2) is 41.7 Å². The van der Waals surface area contributed by atoms with Crippen LogP contribution in [-0.4, -0.2) is 145 Å². The van der Waals surface area contributed by atoms with Crippen LogP contribution < -0.4 is 4.74 Å². The van der Waals surface area contributed by atoms with Crippen LogP contribution in [0.2, 0.25) is 19.6 Å². The number of ether oxygens (including phenoxy) is 6. The molecule has 3 aliphatic rings. The summed E-state index contributed by atoms with van der Waals surface area (Å²) in [4.78, 5) is 69.8. The monoisotopic (exact) mass is 910 g/mol. The van der Waals surface area contributed by atoms with Gasteiger partial charge in [-0.15, -0.1) is 9.98 Å². The van der Waals surface area contributed by atoms with Crippen molar-refractivity contribution in [2.45, 2.75) is 162 Å². The van der Waals surface area contributed by atoms with E-state index >= 15 is 4.79 Å². The molecule has 3 heterocycles. The first-order valence-corrected chi connectivity index (χ1v) is 25.7. The second-order valence-corrected chi connectivity index (χ2v) is 26.6. The first kappa shape index (κ1) is 50.2. The Hall–Kier alpha value is -4.47. The number of carbonyl (C=O) groups is 4. The molecule has 1 aromatic rings. The number of methoxy groups -OCH3 is 1. The van der Waals surface area contributed by atoms with E-state index in [4.69, 9.17) is 32.8 Å². The fourth-order valence-electron chi connectivity index (χ4n) is 7.36. The van der Waals surface area contributed by atoms with E-state index in [0.29, 0.717) is 11.3 Å². The molecule has 0 saturated carbocycles. The number of benzene rings is 1. The van der Waals surface area contributed by atoms with E-state index in [1.807, 2.05) is 19.6 Å². The van der Waals surface area contributed by atoms with Crippen molar-refractivity contribution in [3.05, 3.63) is 29.8 Å². The first-order chi connectivity index (χ1) is 28.1. The molecule has 0 aliphatic carbocycles. The summed E-state index contributed by atoms with van der Waals surface area (Å²) in [7, 11) is -5.74. The predicted octanol–water partition coefficient (Wildman–Crippen LogP) is 6.92. The zero-order chi connectivity index (χ0) is 47.2. The highest BCUT2D eigenvalue weighted by atomic mass is 32.2. The molecule has 0 bridgehead atoms. The molecule has 1 spiro atoms. The smallest absolute Gasteiger partial charge is 0.437 e. The number of hydrogen-bond donors (Lipinski definition) is 0. The van der Waals surface area contributed by atoms with Gasteiger partial charge < -0.3 is 37.7 Å². The molecule has 0 aromatic heterocycles. The molecule has 3 fully saturated rings. The molecular formula is C41H66N6O13SSi. The van der Waals surface area contributed by atoms with E-state index in [9.17, 15) is 22.8 Å². The van der Waals surface area contributed by atoms with Gasteiger partial charge in [-0.1, -0.05) is 12.1 Å². The Labute approximate surface area is 367 Å². The van der Waals surface area contributed by atoms with Crippen molar-refractivity contribution in [2.75, 3.05) is 26.5 Å². The molecule has 0 radical (unpaired) electrons. The summed E-state index contributed by atoms with van der Waals surface area (Å²) in [6.45, 7) is 24.7. The van der Waals surface area contributed by atoms with Crippen LogP contribution in [0.25, 0.3) is 0 Å². The lowest BCUT2D eigenvalue weighted by atomic mass is 9.86. The molecule has 0 N–H and O–H groups in total. The van der Waals surface area contributed by atoms with Crippen LogP contribution in [-0.2, 0) is 44.7 Å². The average Bonchev–Trinajstić information content (AvgIpc) is 3.55. The van der Waals surface area contributed by atoms with Crippen LogP contribution in [0.5, 0.6) is 5.75 Å². The summed E-state index contributed by atoms with van der Waals surface area (Å²) in [6.07, 6.45) is -4.58. The van der Waals surface area contributed by atoms with Crippen molar-refractivity contribution < 1.29 is 60.4 Å². The summed E-state index contributed by atoms with van der Waals surface area (Å²) in [5, 5.41) is 0. The number of carbonyl (C=O) groups excluding carboxylic acids is 4. The van der Waals surface area contributed by atoms with Gasteiger partial charge in [-0.05, 0) is 127 Å². The summed E-state index contributed by atoms with van der Waals surface area (Å²) in [5.41, 5.74) is -5.82. The third-order valence-electron chi connectivity index (χ3n) is 9.02. The molecule has 348 valence electrons. The van der Waals surface area contributed by atoms with E-state index in [1.54, 1.807) is 107 Å². The van der Waals surface area contributed by atoms with Gasteiger partial charge in [-0.2, -0.15) is 0 Å². The number of rotatable bonds is 8. The van der Waals surface area contributed by atoms with E-state index < -0.39 is 102 Å². The molecule has 1 aromatic carbocycles. The second-order valence-electron chi connectivity index (χ2n) is 20.3. The third-order valence-corrected chi connectivity index (χ3v) is 11.1. The molecule has 62 heavy (non-hydrogen) atoms. The normalized spacial score (nSPS) is 23.6. The zero-order valence-corrected chi connectivity index (χ0v) is 41.1. The molecule has 19 nitrogen and oxygen atoms in total. The van der Waals surface area contributed by atoms with Crippen molar-refractivity contribution in [3.8, 4) is 5.75 Å². The highest BCUT2D eigenvalue weighted by Gasteiger charge is 2.77. The van der Waals surface area contributed by atoms with Crippen molar-refractivity contribution in [1.29, 1.82) is 0 Å². The Morgan fingerprint density at radius 3 is 1.69 bits per heavy atom. The summed E-state index contributed by atoms with van der Waals surface area (Å²) < 4.78 is 71.9. The summed E-state index contributed by atoms with van der Waals surface area (Å²) in [6, 6.07) is 3.93. The van der Waals surface area contributed by atoms with Crippen LogP contribution in [0.1, 0.15) is 95.1 Å². The molecule has 21 heteroatoms. The SMILES string of the molecule is COc1ccc(COC[C@H]2[C@@H]3N(S(C)(=O)=O)/C(=N\C(=O)OC(C)(C)C)N(C(=O)OC(C)(C)C)[C@@]34[C@@H](O[Si](C)(C)C)CCN4/C(=N\C(=O)OC(C)(C)C)N2C(=O)OC(C)(C)C)cc1. The lowest BCUT2D eigenvalue weighted by Gasteiger charge is -2.56. The van der Waals surface area contributed by atoms with Crippen LogP contribution in [0.4, 0.5) is 19.2 Å². The molecule has 4 amide bonds. The molecule has 0 unspecified atom stereocenters. The quantitative estimate of drug-likeness (QED) is 0.192. The van der Waals surface area contributed by atoms with Gasteiger partial charge in [0.2, 0.25) is 21.9 Å². The number of aliphatic imine (C=N–C) groups is 2. The maximum atomic E-state index is 15.1. The van der Waals surface area contributed by atoms with E-state index in [2.05, 4.69) is 9.98 Å². The van der Waals surface area contributed by atoms with Gasteiger partial charge in [-0.3, -0.25) is 0 Å². The highest BCUT2D eigenvalue weighted by Crippen LogP contribution is 2.52. The molecule has 3 saturated heterocycles. The maximum Gasteiger partial charge on any atom is 0.437 e. The van der Waals surface area contributed by atoms with Gasteiger partial charge in [0.25, 0.3) is 0 Å². The molecule has 3 aliphatic heterocycles. The minimum atomic E-state index is -4.60. The number of guanidine groups is 2. The maximum absolute atomic E-state index is 15.1. The van der Waals surface area contributed by atoms with Crippen LogP contribution in [0, 0.1) is 0 Å². The Morgan fingerprint density at radius 2 is 1.24 bits per heavy atom. The van der Waals surface area contributed by atoms with E-state index in [1.165, 1.54) is 12.0 Å². The van der Waals surface area contributed by atoms with Gasteiger partial charge in [0.1, 0.15) is 34.2 Å². The van der Waals surface area contributed by atoms with Crippen LogP contribution in [0.15, 0.2) is 34.3 Å². The fraction of sp³-hybridized carbons (Fsp3) is 0.707. The molecular weight excluding hydrogens is 845 g/mol. The van der Waals surface area contributed by atoms with Crippen molar-refractivity contribution in [3.63, 3.8) is 0 Å². The van der Waals surface area contributed by atoms with Gasteiger partial charge >= 0.3 is 24.4 Å². The van der Waals surface area contributed by atoms with Crippen molar-refractivity contribution in [1.82, 2.24) is 19.0 Å². The van der Waals surface area contributed by atoms with Crippen LogP contribution >= 0.6 is 0 Å². The van der Waals surface area contributed by atoms with Gasteiger partial charge in [0, 0.05) is 6.54 Å². The summed E-state index contributed by atoms with van der Waals surface area (Å²) >= 11 is 0. The van der Waals surface area contributed by atoms with Gasteiger partial charge in [0.05, 0.1) is 38.7 Å². The lowest BCUT2D eigenvalue weighted by Crippen LogP contribution is -2.80. The molecule has 4 atom stereocenters. The largest absolute Gasteiger partial charge is 0.497 e. The summed E-state index contributed by atoms with van der Waals surface area (Å²) in [5.74, 6) is -0.449. The van der Waals surface area contributed by atoms with E-state index in [-0.39, 0.29) is 25.5 Å². The first-order valence-electron chi connectivity index (χ1n) is 20.4. The zero-order valence-electron chi connectivity index (χ0n) is 39.3. The Kier molecular flexibility index (Phi) is 14.2. The minimum Gasteiger partial charge on any atom is -0.497 e. The number of sulfonamides is 1. The highest BCUT2D eigenvalue weighted by molar-refractivity contribution is 7.89. The van der Waals surface area contributed by atoms with Crippen molar-refractivity contribution in [2.24, 2.45) is 9.98 Å². The van der Waals surface area contributed by atoms with Gasteiger partial charge in [0.15, 0.2) is 14.0 Å². The topological polar surface area (TPSA) is 205 Å². The lowest BCUT2D eigenvalue weighted by molar-refractivity contribution is -0.0907. The Bertz CT molecular complexity index is 2030. The Balaban J connectivity index is 2.22.